The van der Waals surface area contributed by atoms with E-state index in [0.29, 0.717) is 0 Å². The average molecular weight is 467 g/mol. The van der Waals surface area contributed by atoms with Crippen molar-refractivity contribution >= 4 is 0 Å². The van der Waals surface area contributed by atoms with E-state index in [2.05, 4.69) is 70.5 Å². The number of hydrogen-bond acceptors (Lipinski definition) is 4. The van der Waals surface area contributed by atoms with Crippen LogP contribution in [0.25, 0.3) is 0 Å². The van der Waals surface area contributed by atoms with E-state index in [1.165, 1.54) is 36.8 Å². The van der Waals surface area contributed by atoms with Crippen LogP contribution in [0.5, 0.6) is 0 Å². The molecule has 188 valence electrons. The number of aliphatic hydroxyl groups is 2. The number of rotatable bonds is 16. The summed E-state index contributed by atoms with van der Waals surface area (Å²) >= 11 is 0. The van der Waals surface area contributed by atoms with E-state index in [9.17, 15) is 10.2 Å². The number of benzene rings is 2. The Bertz CT molecular complexity index is 681. The van der Waals surface area contributed by atoms with Gasteiger partial charge in [0.1, 0.15) is 0 Å². The molecule has 0 radical (unpaired) electrons. The van der Waals surface area contributed by atoms with E-state index in [-0.39, 0.29) is 12.2 Å². The van der Waals surface area contributed by atoms with Gasteiger partial charge in [0, 0.05) is 39.3 Å². The Balaban J connectivity index is 1.16. The summed E-state index contributed by atoms with van der Waals surface area (Å²) in [5.74, 6) is 0. The minimum Gasteiger partial charge on any atom is -0.392 e. The highest BCUT2D eigenvalue weighted by Gasteiger charge is 2.20. The van der Waals surface area contributed by atoms with Crippen LogP contribution >= 0.6 is 0 Å². The van der Waals surface area contributed by atoms with Crippen LogP contribution in [-0.2, 0) is 12.8 Å². The van der Waals surface area contributed by atoms with Gasteiger partial charge in [0.15, 0.2) is 0 Å². The van der Waals surface area contributed by atoms with Crippen molar-refractivity contribution in [3.63, 3.8) is 0 Å². The predicted molar refractivity (Wildman–Crippen MR) is 142 cm³/mol. The van der Waals surface area contributed by atoms with Crippen molar-refractivity contribution < 1.29 is 10.2 Å². The minimum atomic E-state index is -0.218. The second-order valence-electron chi connectivity index (χ2n) is 10.1. The van der Waals surface area contributed by atoms with Crippen LogP contribution in [-0.4, -0.2) is 71.5 Å². The van der Waals surface area contributed by atoms with Gasteiger partial charge in [0.05, 0.1) is 12.2 Å². The van der Waals surface area contributed by atoms with Crippen molar-refractivity contribution in [3.05, 3.63) is 71.8 Å². The maximum absolute atomic E-state index is 10.4. The molecule has 2 aromatic rings. The maximum atomic E-state index is 10.4. The summed E-state index contributed by atoms with van der Waals surface area (Å²) in [4.78, 5) is 4.78. The second-order valence-corrected chi connectivity index (χ2v) is 10.1. The standard InChI is InChI=1S/C30H46N2O2/c33-29(19-11-3-9-17-27-13-5-1-6-14-27)25-31-21-23-32(24-22-31)26-30(34)20-12-4-10-18-28-15-7-2-8-16-28/h1-2,5-8,13-16,29-30,33-34H,3-4,9-12,17-26H2/t29-,30-/m1/s1. The highest BCUT2D eigenvalue weighted by molar-refractivity contribution is 5.15. The number of aliphatic hydroxyl groups excluding tert-OH is 2. The Kier molecular flexibility index (Phi) is 12.7. The number of β-amino-alcohol motifs (C(OH)–C–C–N with tert-alkyl or cyclic N) is 2. The molecule has 2 N–H and O–H groups in total. The number of piperazine rings is 1. The van der Waals surface area contributed by atoms with Gasteiger partial charge in [-0.25, -0.2) is 0 Å². The van der Waals surface area contributed by atoms with E-state index >= 15 is 0 Å². The highest BCUT2D eigenvalue weighted by atomic mass is 16.3. The zero-order chi connectivity index (χ0) is 23.8. The Morgan fingerprint density at radius 3 is 1.29 bits per heavy atom. The molecule has 0 aliphatic carbocycles. The van der Waals surface area contributed by atoms with Gasteiger partial charge in [-0.3, -0.25) is 9.80 Å². The third-order valence-corrected chi connectivity index (χ3v) is 7.09. The van der Waals surface area contributed by atoms with Crippen molar-refractivity contribution in [1.82, 2.24) is 9.80 Å². The van der Waals surface area contributed by atoms with Gasteiger partial charge in [0.25, 0.3) is 0 Å². The molecule has 1 saturated heterocycles. The molecule has 2 atom stereocenters. The molecule has 0 saturated carbocycles. The Labute approximate surface area is 207 Å². The van der Waals surface area contributed by atoms with Gasteiger partial charge in [-0.05, 0) is 49.7 Å². The molecule has 0 unspecified atom stereocenters. The fraction of sp³-hybridized carbons (Fsp3) is 0.600. The van der Waals surface area contributed by atoms with Crippen LogP contribution < -0.4 is 0 Å². The van der Waals surface area contributed by atoms with E-state index in [4.69, 9.17) is 0 Å². The molecule has 4 heteroatoms. The smallest absolute Gasteiger partial charge is 0.0667 e. The fourth-order valence-corrected chi connectivity index (χ4v) is 4.99. The maximum Gasteiger partial charge on any atom is 0.0667 e. The fourth-order valence-electron chi connectivity index (χ4n) is 4.99. The zero-order valence-corrected chi connectivity index (χ0v) is 21.0. The molecular formula is C30H46N2O2. The third kappa shape index (κ3) is 11.1. The molecule has 4 nitrogen and oxygen atoms in total. The molecule has 1 heterocycles. The van der Waals surface area contributed by atoms with Crippen molar-refractivity contribution in [1.29, 1.82) is 0 Å². The topological polar surface area (TPSA) is 46.9 Å². The average Bonchev–Trinajstić information content (AvgIpc) is 2.86. The lowest BCUT2D eigenvalue weighted by Crippen LogP contribution is -2.50. The van der Waals surface area contributed by atoms with Crippen LogP contribution in [0.4, 0.5) is 0 Å². The van der Waals surface area contributed by atoms with Crippen molar-refractivity contribution in [2.24, 2.45) is 0 Å². The summed E-state index contributed by atoms with van der Waals surface area (Å²) in [5, 5.41) is 20.9. The highest BCUT2D eigenvalue weighted by Crippen LogP contribution is 2.13. The van der Waals surface area contributed by atoms with E-state index in [0.717, 1.165) is 77.8 Å². The van der Waals surface area contributed by atoms with Gasteiger partial charge in [-0.2, -0.15) is 0 Å². The molecule has 1 aliphatic heterocycles. The summed E-state index contributed by atoms with van der Waals surface area (Å²) in [6, 6.07) is 21.3. The van der Waals surface area contributed by atoms with Gasteiger partial charge >= 0.3 is 0 Å². The molecular weight excluding hydrogens is 420 g/mol. The summed E-state index contributed by atoms with van der Waals surface area (Å²) in [6.45, 7) is 5.56. The lowest BCUT2D eigenvalue weighted by Gasteiger charge is -2.36. The first-order chi connectivity index (χ1) is 16.7. The summed E-state index contributed by atoms with van der Waals surface area (Å²) in [5.41, 5.74) is 2.82. The molecule has 0 aromatic heterocycles. The van der Waals surface area contributed by atoms with Crippen LogP contribution in [0.15, 0.2) is 60.7 Å². The Morgan fingerprint density at radius 1 is 0.529 bits per heavy atom. The van der Waals surface area contributed by atoms with Crippen molar-refractivity contribution in [2.45, 2.75) is 76.4 Å². The third-order valence-electron chi connectivity index (χ3n) is 7.09. The van der Waals surface area contributed by atoms with Crippen LogP contribution in [0, 0.1) is 0 Å². The Morgan fingerprint density at radius 2 is 0.912 bits per heavy atom. The predicted octanol–water partition coefficient (Wildman–Crippen LogP) is 4.93. The Hall–Kier alpha value is -1.72. The number of unbranched alkanes of at least 4 members (excludes halogenated alkanes) is 4. The first-order valence-corrected chi connectivity index (χ1v) is 13.6. The molecule has 3 rings (SSSR count). The molecule has 34 heavy (non-hydrogen) atoms. The van der Waals surface area contributed by atoms with E-state index < -0.39 is 0 Å². The number of nitrogens with zero attached hydrogens (tertiary/aromatic N) is 2. The van der Waals surface area contributed by atoms with E-state index in [1.54, 1.807) is 0 Å². The molecule has 0 bridgehead atoms. The largest absolute Gasteiger partial charge is 0.392 e. The minimum absolute atomic E-state index is 0.218. The normalized spacial score (nSPS) is 17.0. The first kappa shape index (κ1) is 26.9. The van der Waals surface area contributed by atoms with Crippen LogP contribution in [0.1, 0.15) is 62.5 Å². The van der Waals surface area contributed by atoms with Gasteiger partial charge in [-0.15, -0.1) is 0 Å². The van der Waals surface area contributed by atoms with Crippen molar-refractivity contribution in [3.8, 4) is 0 Å². The number of aryl methyl sites for hydroxylation is 2. The summed E-state index contributed by atoms with van der Waals surface area (Å²) < 4.78 is 0. The molecule has 1 aliphatic rings. The van der Waals surface area contributed by atoms with Crippen LogP contribution in [0.3, 0.4) is 0 Å². The number of hydrogen-bond donors (Lipinski definition) is 2. The molecule has 0 spiro atoms. The van der Waals surface area contributed by atoms with Crippen molar-refractivity contribution in [2.75, 3.05) is 39.3 Å². The summed E-state index contributed by atoms with van der Waals surface area (Å²) in [6.07, 6.45) is 10.6. The lowest BCUT2D eigenvalue weighted by atomic mass is 10.0. The molecule has 2 aromatic carbocycles. The zero-order valence-electron chi connectivity index (χ0n) is 21.0. The van der Waals surface area contributed by atoms with Gasteiger partial charge in [-0.1, -0.05) is 86.3 Å². The molecule has 1 fully saturated rings. The first-order valence-electron chi connectivity index (χ1n) is 13.6. The monoisotopic (exact) mass is 466 g/mol. The molecule has 0 amide bonds. The SMILES string of the molecule is O[C@H](CCCCCc1ccccc1)CN1CCN(C[C@H](O)CCCCCc2ccccc2)CC1. The van der Waals surface area contributed by atoms with Gasteiger partial charge in [0.2, 0.25) is 0 Å². The lowest BCUT2D eigenvalue weighted by molar-refractivity contribution is 0.0434. The van der Waals surface area contributed by atoms with Crippen LogP contribution in [0.2, 0.25) is 0 Å². The quantitative estimate of drug-likeness (QED) is 0.344. The summed E-state index contributed by atoms with van der Waals surface area (Å²) in [7, 11) is 0. The van der Waals surface area contributed by atoms with Gasteiger partial charge < -0.3 is 10.2 Å². The second kappa shape index (κ2) is 16.0. The van der Waals surface area contributed by atoms with E-state index in [1.807, 2.05) is 0 Å².